The number of hydrogen-bond donors (Lipinski definition) is 3. The van der Waals surface area contributed by atoms with E-state index >= 15 is 0 Å². The van der Waals surface area contributed by atoms with E-state index in [1.807, 2.05) is 30.3 Å². The molecule has 3 N–H and O–H groups in total. The van der Waals surface area contributed by atoms with E-state index in [2.05, 4.69) is 62.2 Å². The van der Waals surface area contributed by atoms with Gasteiger partial charge in [0, 0.05) is 29.0 Å². The highest BCUT2D eigenvalue weighted by atomic mass is 16.5. The van der Waals surface area contributed by atoms with Crippen molar-refractivity contribution in [3.8, 4) is 5.75 Å². The highest BCUT2D eigenvalue weighted by molar-refractivity contribution is 6.42. The molecule has 4 aliphatic rings. The summed E-state index contributed by atoms with van der Waals surface area (Å²) in [6.45, 7) is 7.37. The predicted molar refractivity (Wildman–Crippen MR) is 163 cm³/mol. The number of carboxylic acids is 1. The number of carbonyl (C=O) groups is 1. The van der Waals surface area contributed by atoms with Crippen LogP contribution in [0.5, 0.6) is 5.75 Å². The monoisotopic (exact) mass is 553 g/mol. The molecule has 4 atom stereocenters. The molecule has 0 bridgehead atoms. The Morgan fingerprint density at radius 3 is 2.80 bits per heavy atom. The van der Waals surface area contributed by atoms with Gasteiger partial charge in [-0.2, -0.15) is 0 Å². The van der Waals surface area contributed by atoms with Crippen molar-refractivity contribution in [2.45, 2.75) is 45.6 Å². The fourth-order valence-corrected chi connectivity index (χ4v) is 7.28. The quantitative estimate of drug-likeness (QED) is 0.324. The molecule has 4 unspecified atom stereocenters. The van der Waals surface area contributed by atoms with Crippen LogP contribution < -0.4 is 15.6 Å². The number of hydrogen-bond acceptors (Lipinski definition) is 5. The smallest absolute Gasteiger partial charge is 0.354 e. The minimum absolute atomic E-state index is 0.0258. The fraction of sp³-hybridized carbons (Fsp3) is 0.412. The minimum Gasteiger partial charge on any atom is -0.493 e. The Morgan fingerprint density at radius 2 is 1.95 bits per heavy atom. The second-order valence-corrected chi connectivity index (χ2v) is 12.3. The van der Waals surface area contributed by atoms with Crippen molar-refractivity contribution in [1.29, 1.82) is 0 Å². The molecule has 1 fully saturated rings. The van der Waals surface area contributed by atoms with Gasteiger partial charge in [-0.1, -0.05) is 56.3 Å². The number of rotatable bonds is 6. The number of benzene rings is 2. The van der Waals surface area contributed by atoms with Crippen molar-refractivity contribution >= 4 is 22.5 Å². The molecule has 7 heteroatoms. The van der Waals surface area contributed by atoms with Crippen LogP contribution in [0.4, 0.5) is 0 Å². The molecule has 1 aliphatic carbocycles. The van der Waals surface area contributed by atoms with Crippen LogP contribution in [0.15, 0.2) is 93.8 Å². The van der Waals surface area contributed by atoms with Gasteiger partial charge in [-0.3, -0.25) is 14.9 Å². The summed E-state index contributed by atoms with van der Waals surface area (Å²) in [5, 5.41) is 12.5. The van der Waals surface area contributed by atoms with Gasteiger partial charge in [0.2, 0.25) is 0 Å². The lowest BCUT2D eigenvalue weighted by molar-refractivity contribution is -0.814. The van der Waals surface area contributed by atoms with E-state index in [9.17, 15) is 9.90 Å². The summed E-state index contributed by atoms with van der Waals surface area (Å²) < 4.78 is 6.92. The molecule has 41 heavy (non-hydrogen) atoms. The van der Waals surface area contributed by atoms with Crippen LogP contribution in [0.1, 0.15) is 39.5 Å². The number of aliphatic imine (C=N–C) groups is 1. The molecule has 3 aliphatic heterocycles. The molecule has 3 heterocycles. The zero-order valence-electron chi connectivity index (χ0n) is 24.3. The van der Waals surface area contributed by atoms with Crippen LogP contribution in [-0.4, -0.2) is 60.6 Å². The number of quaternary nitrogens is 1. The number of aliphatic carboxylic acids is 1. The van der Waals surface area contributed by atoms with Gasteiger partial charge in [0.15, 0.2) is 0 Å². The summed E-state index contributed by atoms with van der Waals surface area (Å²) in [5.74, 6) is 0.985. The molecule has 1 saturated heterocycles. The summed E-state index contributed by atoms with van der Waals surface area (Å²) in [4.78, 5) is 17.2. The van der Waals surface area contributed by atoms with Gasteiger partial charge in [-0.25, -0.2) is 10.2 Å². The topological polar surface area (TPSA) is 83.0 Å². The van der Waals surface area contributed by atoms with E-state index in [1.165, 1.54) is 16.8 Å². The highest BCUT2D eigenvalue weighted by Crippen LogP contribution is 2.48. The van der Waals surface area contributed by atoms with Crippen molar-refractivity contribution in [2.24, 2.45) is 16.8 Å². The number of nitrogens with zero attached hydrogens (tertiary/aromatic N) is 2. The van der Waals surface area contributed by atoms with Crippen molar-refractivity contribution in [3.63, 3.8) is 0 Å². The fourth-order valence-electron chi connectivity index (χ4n) is 7.28. The van der Waals surface area contributed by atoms with Crippen molar-refractivity contribution < 1.29 is 19.1 Å². The maximum atomic E-state index is 12.5. The molecule has 0 spiro atoms. The second kappa shape index (κ2) is 11.4. The van der Waals surface area contributed by atoms with E-state index in [1.54, 1.807) is 5.57 Å². The summed E-state index contributed by atoms with van der Waals surface area (Å²) in [6, 6.07) is 14.2. The van der Waals surface area contributed by atoms with Crippen LogP contribution in [0.3, 0.4) is 0 Å². The molecule has 0 radical (unpaired) electrons. The normalized spacial score (nSPS) is 31.8. The average Bonchev–Trinajstić information content (AvgIpc) is 3.51. The maximum Gasteiger partial charge on any atom is 0.354 e. The Labute approximate surface area is 242 Å². The first-order valence-corrected chi connectivity index (χ1v) is 14.9. The number of likely N-dealkylation sites (N-methyl/N-ethyl adjacent to an activating group) is 1. The van der Waals surface area contributed by atoms with E-state index in [-0.39, 0.29) is 11.8 Å². The Balaban J connectivity index is 1.30. The molecule has 0 saturated carbocycles. The van der Waals surface area contributed by atoms with Crippen LogP contribution in [0.25, 0.3) is 10.8 Å². The van der Waals surface area contributed by atoms with E-state index in [0.29, 0.717) is 37.8 Å². The third-order valence-corrected chi connectivity index (χ3v) is 9.08. The Kier molecular flexibility index (Phi) is 7.68. The number of nitrogens with one attached hydrogen (secondary N) is 2. The van der Waals surface area contributed by atoms with E-state index in [0.717, 1.165) is 52.5 Å². The van der Waals surface area contributed by atoms with Crippen LogP contribution in [0, 0.1) is 11.8 Å². The van der Waals surface area contributed by atoms with E-state index < -0.39 is 5.97 Å². The highest BCUT2D eigenvalue weighted by Gasteiger charge is 2.46. The summed E-state index contributed by atoms with van der Waals surface area (Å²) >= 11 is 0. The third kappa shape index (κ3) is 5.42. The Morgan fingerprint density at radius 1 is 1.12 bits per heavy atom. The zero-order chi connectivity index (χ0) is 28.6. The lowest BCUT2D eigenvalue weighted by atomic mass is 9.79. The largest absolute Gasteiger partial charge is 0.493 e. The summed E-state index contributed by atoms with van der Waals surface area (Å²) in [7, 11) is 2.31. The molecule has 2 aromatic carbocycles. The van der Waals surface area contributed by atoms with Gasteiger partial charge in [0.05, 0.1) is 32.8 Å². The minimum atomic E-state index is -0.985. The molecular formula is C34H41N4O3+. The zero-order valence-corrected chi connectivity index (χ0v) is 24.3. The van der Waals surface area contributed by atoms with Gasteiger partial charge in [-0.15, -0.1) is 0 Å². The van der Waals surface area contributed by atoms with Gasteiger partial charge in [0.25, 0.3) is 0 Å². The van der Waals surface area contributed by atoms with Gasteiger partial charge < -0.3 is 9.84 Å². The predicted octanol–water partition coefficient (Wildman–Crippen LogP) is 5.53. The van der Waals surface area contributed by atoms with Gasteiger partial charge >= 0.3 is 5.97 Å². The van der Waals surface area contributed by atoms with Crippen molar-refractivity contribution in [2.75, 3.05) is 33.3 Å². The lowest BCUT2D eigenvalue weighted by Crippen LogP contribution is -2.38. The average molecular weight is 554 g/mol. The Hall–Kier alpha value is -3.52. The summed E-state index contributed by atoms with van der Waals surface area (Å²) in [5.41, 5.74) is 13.4. The Bertz CT molecular complexity index is 1510. The molecular weight excluding hydrogens is 512 g/mol. The number of carboxylic acid groups (broad SMARTS) is 1. The standard InChI is InChI=1S/C34H40N4O3/c1-22-17-27-23(2)21-38(3)15-7-11-25(12-8-16-41-31-14-6-10-24-9-4-5-13-26(24)31)32(34(39)40)35-20-30-29(19-36-37-30)28(18-22)33(27)38/h4-7,9-11,13-15,22-23,30,36-37H,8,12,16-21H2,1-3H3/p+1/b15-7+,25-11-,29-28-,35-32?. The number of fused-ring (bicyclic) bond motifs is 2. The molecule has 6 rings (SSSR count). The number of allylic oxidation sites excluding steroid dienone is 3. The molecule has 0 aromatic heterocycles. The number of ether oxygens (including phenoxy) is 1. The molecule has 214 valence electrons. The second-order valence-electron chi connectivity index (χ2n) is 12.3. The molecule has 7 nitrogen and oxygen atoms in total. The lowest BCUT2D eigenvalue weighted by Gasteiger charge is -2.34. The SMILES string of the molecule is CC1CC2=C3/C(=C4/CNNC4CN=C(C(=O)O)/C(CCCOc4cccc5ccccc45)=C\C=C\[N+]3(C)CC2C)C1. The third-order valence-electron chi connectivity index (χ3n) is 9.08. The van der Waals surface area contributed by atoms with Crippen LogP contribution >= 0.6 is 0 Å². The van der Waals surface area contributed by atoms with Crippen molar-refractivity contribution in [3.05, 3.63) is 88.8 Å². The first kappa shape index (κ1) is 27.6. The summed E-state index contributed by atoms with van der Waals surface area (Å²) in [6.07, 6.45) is 9.74. The first-order chi connectivity index (χ1) is 19.8. The van der Waals surface area contributed by atoms with Gasteiger partial charge in [-0.05, 0) is 60.3 Å². The number of hydrazine groups is 1. The maximum absolute atomic E-state index is 12.5. The van der Waals surface area contributed by atoms with Crippen molar-refractivity contribution in [1.82, 2.24) is 10.9 Å². The molecule has 0 amide bonds. The first-order valence-electron chi connectivity index (χ1n) is 14.9. The van der Waals surface area contributed by atoms with E-state index in [4.69, 9.17) is 9.73 Å². The van der Waals surface area contributed by atoms with Gasteiger partial charge in [0.1, 0.15) is 23.4 Å². The van der Waals surface area contributed by atoms with Crippen LogP contribution in [-0.2, 0) is 4.79 Å². The van der Waals surface area contributed by atoms with Crippen LogP contribution in [0.2, 0.25) is 0 Å². The molecule has 2 aromatic rings.